The van der Waals surface area contributed by atoms with Crippen LogP contribution in [0.2, 0.25) is 0 Å². The molecule has 2 fully saturated rings. The molecule has 0 bridgehead atoms. The van der Waals surface area contributed by atoms with Crippen molar-refractivity contribution in [3.05, 3.63) is 35.9 Å². The van der Waals surface area contributed by atoms with Crippen LogP contribution < -0.4 is 0 Å². The first-order valence-corrected chi connectivity index (χ1v) is 9.13. The molecule has 1 aliphatic carbocycles. The van der Waals surface area contributed by atoms with Crippen molar-refractivity contribution < 1.29 is 28.5 Å². The first-order valence-electron chi connectivity index (χ1n) is 9.13. The van der Waals surface area contributed by atoms with Crippen molar-refractivity contribution in [3.63, 3.8) is 0 Å². The molecule has 0 radical (unpaired) electrons. The summed E-state index contributed by atoms with van der Waals surface area (Å²) in [5.74, 6) is -0.762. The lowest BCUT2D eigenvalue weighted by Crippen LogP contribution is -2.40. The van der Waals surface area contributed by atoms with E-state index in [2.05, 4.69) is 12.1 Å². The highest BCUT2D eigenvalue weighted by molar-refractivity contribution is 5.86. The van der Waals surface area contributed by atoms with Crippen molar-refractivity contribution in [2.45, 2.75) is 70.7 Å². The molecule has 1 heterocycles. The predicted octanol–water partition coefficient (Wildman–Crippen LogP) is 2.80. The Kier molecular flexibility index (Phi) is 5.63. The number of hydrogen-bond donors (Lipinski definition) is 0. The summed E-state index contributed by atoms with van der Waals surface area (Å²) >= 11 is 0. The molecule has 4 atom stereocenters. The molecule has 1 aromatic rings. The number of carbonyl (C=O) groups is 2. The summed E-state index contributed by atoms with van der Waals surface area (Å²) in [6.45, 7) is 7.00. The minimum Gasteiger partial charge on any atom is -0.461 e. The Morgan fingerprint density at radius 1 is 0.923 bits per heavy atom. The summed E-state index contributed by atoms with van der Waals surface area (Å²) in [5, 5.41) is 0. The molecule has 0 N–H and O–H groups in total. The van der Waals surface area contributed by atoms with Crippen LogP contribution in [-0.4, -0.2) is 42.6 Å². The third kappa shape index (κ3) is 4.24. The van der Waals surface area contributed by atoms with E-state index in [0.29, 0.717) is 5.92 Å². The van der Waals surface area contributed by atoms with E-state index in [-0.39, 0.29) is 18.1 Å². The third-order valence-electron chi connectivity index (χ3n) is 4.42. The molecule has 1 saturated heterocycles. The fourth-order valence-electron chi connectivity index (χ4n) is 3.22. The number of ether oxygens (including phenoxy) is 4. The van der Waals surface area contributed by atoms with Crippen LogP contribution in [0.1, 0.15) is 45.6 Å². The molecule has 0 spiro atoms. The van der Waals surface area contributed by atoms with Gasteiger partial charge in [0.05, 0.1) is 12.2 Å². The summed E-state index contributed by atoms with van der Waals surface area (Å²) in [6, 6.07) is 10.1. The highest BCUT2D eigenvalue weighted by atomic mass is 16.8. The summed E-state index contributed by atoms with van der Waals surface area (Å²) < 4.78 is 22.1. The molecular weight excluding hydrogens is 336 g/mol. The highest BCUT2D eigenvalue weighted by Gasteiger charge is 2.55. The van der Waals surface area contributed by atoms with E-state index < -0.39 is 30.4 Å². The normalized spacial score (nSPS) is 28.4. The lowest BCUT2D eigenvalue weighted by Gasteiger charge is -2.17. The van der Waals surface area contributed by atoms with Crippen LogP contribution >= 0.6 is 0 Å². The minimum absolute atomic E-state index is 0.114. The Bertz CT molecular complexity index is 611. The Hall–Kier alpha value is -1.92. The van der Waals surface area contributed by atoms with Gasteiger partial charge in [-0.1, -0.05) is 30.3 Å². The minimum atomic E-state index is -1.09. The summed E-state index contributed by atoms with van der Waals surface area (Å²) in [5.41, 5.74) is 1.21. The van der Waals surface area contributed by atoms with Crippen molar-refractivity contribution in [1.82, 2.24) is 0 Å². The van der Waals surface area contributed by atoms with Gasteiger partial charge in [0.2, 0.25) is 0 Å². The maximum atomic E-state index is 12.4. The average Bonchev–Trinajstić information content (AvgIpc) is 3.25. The number of carbonyl (C=O) groups excluding carboxylic acids is 2. The van der Waals surface area contributed by atoms with Crippen molar-refractivity contribution in [2.24, 2.45) is 5.92 Å². The van der Waals surface area contributed by atoms with Gasteiger partial charge in [-0.15, -0.1) is 0 Å². The standard InChI is InChI=1S/C20H26O6/c1-11(2)23-18(21)16-17(19(22)24-12(3)4)26-20(25-16)15-10-14(15)13-8-6-5-7-9-13/h5-9,11-12,14-17,20H,10H2,1-4H3/t14-,15+,16+,17+/m0/s1. The number of rotatable bonds is 6. The first-order chi connectivity index (χ1) is 12.4. The van der Waals surface area contributed by atoms with Gasteiger partial charge < -0.3 is 18.9 Å². The van der Waals surface area contributed by atoms with Crippen LogP contribution in [0.4, 0.5) is 0 Å². The molecule has 1 saturated carbocycles. The van der Waals surface area contributed by atoms with Crippen LogP contribution in [0, 0.1) is 5.92 Å². The lowest BCUT2D eigenvalue weighted by atomic mass is 10.1. The number of hydrogen-bond acceptors (Lipinski definition) is 6. The van der Waals surface area contributed by atoms with Crippen molar-refractivity contribution in [1.29, 1.82) is 0 Å². The summed E-state index contributed by atoms with van der Waals surface area (Å²) in [4.78, 5) is 24.7. The zero-order chi connectivity index (χ0) is 18.8. The molecule has 142 valence electrons. The molecule has 6 nitrogen and oxygen atoms in total. The van der Waals surface area contributed by atoms with Crippen molar-refractivity contribution in [2.75, 3.05) is 0 Å². The van der Waals surface area contributed by atoms with Gasteiger partial charge in [0, 0.05) is 5.92 Å². The largest absolute Gasteiger partial charge is 0.461 e. The highest BCUT2D eigenvalue weighted by Crippen LogP contribution is 2.52. The van der Waals surface area contributed by atoms with E-state index in [4.69, 9.17) is 18.9 Å². The van der Waals surface area contributed by atoms with Gasteiger partial charge in [0.25, 0.3) is 0 Å². The van der Waals surface area contributed by atoms with Gasteiger partial charge in [0.1, 0.15) is 0 Å². The van der Waals surface area contributed by atoms with Gasteiger partial charge in [-0.25, -0.2) is 9.59 Å². The van der Waals surface area contributed by atoms with Gasteiger partial charge in [-0.05, 0) is 45.6 Å². The summed E-state index contributed by atoms with van der Waals surface area (Å²) in [6.07, 6.45) is -2.51. The van der Waals surface area contributed by atoms with E-state index in [1.807, 2.05) is 18.2 Å². The van der Waals surface area contributed by atoms with Crippen molar-refractivity contribution in [3.8, 4) is 0 Å². The van der Waals surface area contributed by atoms with E-state index in [1.165, 1.54) is 5.56 Å². The molecule has 1 aromatic carbocycles. The summed E-state index contributed by atoms with van der Waals surface area (Å²) in [7, 11) is 0. The maximum absolute atomic E-state index is 12.4. The predicted molar refractivity (Wildman–Crippen MR) is 93.3 cm³/mol. The topological polar surface area (TPSA) is 71.1 Å². The Morgan fingerprint density at radius 2 is 1.42 bits per heavy atom. The lowest BCUT2D eigenvalue weighted by molar-refractivity contribution is -0.167. The molecule has 0 aromatic heterocycles. The SMILES string of the molecule is CC(C)OC(=O)[C@@H]1OC([C@@H]2C[C@H]2c2ccccc2)O[C@H]1C(=O)OC(C)C. The van der Waals surface area contributed by atoms with Crippen LogP contribution in [0.3, 0.4) is 0 Å². The molecule has 26 heavy (non-hydrogen) atoms. The second-order valence-corrected chi connectivity index (χ2v) is 7.37. The van der Waals surface area contributed by atoms with Crippen LogP contribution in [-0.2, 0) is 28.5 Å². The van der Waals surface area contributed by atoms with E-state index in [0.717, 1.165) is 6.42 Å². The van der Waals surface area contributed by atoms with Gasteiger partial charge >= 0.3 is 11.9 Å². The van der Waals surface area contributed by atoms with E-state index in [1.54, 1.807) is 27.7 Å². The molecule has 6 heteroatoms. The smallest absolute Gasteiger partial charge is 0.339 e. The van der Waals surface area contributed by atoms with Crippen molar-refractivity contribution >= 4 is 11.9 Å². The van der Waals surface area contributed by atoms with E-state index in [9.17, 15) is 9.59 Å². The van der Waals surface area contributed by atoms with Crippen LogP contribution in [0.25, 0.3) is 0 Å². The Morgan fingerprint density at radius 3 is 1.88 bits per heavy atom. The zero-order valence-corrected chi connectivity index (χ0v) is 15.6. The Labute approximate surface area is 153 Å². The van der Waals surface area contributed by atoms with Gasteiger partial charge in [0.15, 0.2) is 18.5 Å². The quantitative estimate of drug-likeness (QED) is 0.725. The monoisotopic (exact) mass is 362 g/mol. The molecule has 3 rings (SSSR count). The fourth-order valence-corrected chi connectivity index (χ4v) is 3.22. The number of benzene rings is 1. The molecule has 0 unspecified atom stereocenters. The second-order valence-electron chi connectivity index (χ2n) is 7.37. The average molecular weight is 362 g/mol. The third-order valence-corrected chi connectivity index (χ3v) is 4.42. The molecule has 0 amide bonds. The maximum Gasteiger partial charge on any atom is 0.339 e. The zero-order valence-electron chi connectivity index (χ0n) is 15.6. The van der Waals surface area contributed by atoms with Crippen LogP contribution in [0.5, 0.6) is 0 Å². The molecule has 1 aliphatic heterocycles. The van der Waals surface area contributed by atoms with E-state index >= 15 is 0 Å². The molecule has 2 aliphatic rings. The number of esters is 2. The first kappa shape index (κ1) is 18.9. The van der Waals surface area contributed by atoms with Gasteiger partial charge in [-0.2, -0.15) is 0 Å². The second kappa shape index (κ2) is 7.76. The van der Waals surface area contributed by atoms with Crippen LogP contribution in [0.15, 0.2) is 30.3 Å². The Balaban J connectivity index is 1.70. The molecular formula is C20H26O6. The fraction of sp³-hybridized carbons (Fsp3) is 0.600. The van der Waals surface area contributed by atoms with Gasteiger partial charge in [-0.3, -0.25) is 0 Å².